The first-order chi connectivity index (χ1) is 8.01. The van der Waals surface area contributed by atoms with Crippen molar-refractivity contribution in [2.24, 2.45) is 0 Å². The zero-order valence-electron chi connectivity index (χ0n) is 11.1. The molecule has 1 aromatic carbocycles. The fourth-order valence-electron chi connectivity index (χ4n) is 1.49. The van der Waals surface area contributed by atoms with Crippen molar-refractivity contribution in [2.45, 2.75) is 39.0 Å². The second kappa shape index (κ2) is 4.80. The smallest absolute Gasteiger partial charge is 0.399 e. The molecule has 18 heavy (non-hydrogen) atoms. The lowest BCUT2D eigenvalue weighted by atomic mass is 10.0. The Morgan fingerprint density at radius 3 is 2.17 bits per heavy atom. The highest BCUT2D eigenvalue weighted by Crippen LogP contribution is 2.34. The van der Waals surface area contributed by atoms with Crippen LogP contribution < -0.4 is 5.73 Å². The Labute approximate surface area is 106 Å². The van der Waals surface area contributed by atoms with E-state index >= 15 is 0 Å². The van der Waals surface area contributed by atoms with E-state index in [1.807, 2.05) is 25.7 Å². The zero-order chi connectivity index (χ0) is 14.1. The number of hydrogen-bond acceptors (Lipinski definition) is 2. The third kappa shape index (κ3) is 3.63. The predicted octanol–water partition coefficient (Wildman–Crippen LogP) is 3.52. The van der Waals surface area contributed by atoms with Crippen LogP contribution in [0.4, 0.5) is 18.9 Å². The van der Waals surface area contributed by atoms with Gasteiger partial charge in [0.05, 0.1) is 5.56 Å². The van der Waals surface area contributed by atoms with Gasteiger partial charge in [-0.1, -0.05) is 6.07 Å². The van der Waals surface area contributed by atoms with Crippen LogP contribution in [0, 0.1) is 0 Å². The van der Waals surface area contributed by atoms with Crippen LogP contribution in [0.5, 0.6) is 0 Å². The highest BCUT2D eigenvalue weighted by atomic mass is 19.4. The molecule has 0 aliphatic carbocycles. The minimum atomic E-state index is -4.37. The van der Waals surface area contributed by atoms with Crippen molar-refractivity contribution < 1.29 is 13.2 Å². The van der Waals surface area contributed by atoms with Crippen LogP contribution in [-0.2, 0) is 12.7 Å². The minimum Gasteiger partial charge on any atom is -0.399 e. The number of benzene rings is 1. The fraction of sp³-hybridized carbons (Fsp3) is 0.538. The summed E-state index contributed by atoms with van der Waals surface area (Å²) in [6.07, 6.45) is -4.37. The Morgan fingerprint density at radius 1 is 1.17 bits per heavy atom. The Hall–Kier alpha value is -1.23. The lowest BCUT2D eigenvalue weighted by Gasteiger charge is -2.32. The molecule has 0 unspecified atom stereocenters. The van der Waals surface area contributed by atoms with Crippen molar-refractivity contribution in [1.29, 1.82) is 0 Å². The Kier molecular flexibility index (Phi) is 3.96. The van der Waals surface area contributed by atoms with Gasteiger partial charge in [0.1, 0.15) is 0 Å². The van der Waals surface area contributed by atoms with E-state index in [0.29, 0.717) is 0 Å². The van der Waals surface area contributed by atoms with Crippen LogP contribution in [0.25, 0.3) is 0 Å². The largest absolute Gasteiger partial charge is 0.416 e. The third-order valence-electron chi connectivity index (χ3n) is 2.99. The summed E-state index contributed by atoms with van der Waals surface area (Å²) in [6.45, 7) is 6.10. The highest BCUT2D eigenvalue weighted by Gasteiger charge is 2.34. The number of nitrogen functional groups attached to an aromatic ring is 1. The molecule has 1 rings (SSSR count). The molecule has 0 fully saturated rings. The highest BCUT2D eigenvalue weighted by molar-refractivity contribution is 5.46. The number of rotatable bonds is 2. The van der Waals surface area contributed by atoms with Crippen molar-refractivity contribution >= 4 is 5.69 Å². The third-order valence-corrected chi connectivity index (χ3v) is 2.99. The standard InChI is InChI=1S/C13H19F3N2/c1-12(2,3)18(4)8-9-5-6-10(17)7-11(9)13(14,15)16/h5-7H,8,17H2,1-4H3. The lowest BCUT2D eigenvalue weighted by Crippen LogP contribution is -2.37. The van der Waals surface area contributed by atoms with Crippen LogP contribution in [0.2, 0.25) is 0 Å². The molecule has 1 aromatic rings. The summed E-state index contributed by atoms with van der Waals surface area (Å²) in [7, 11) is 1.80. The van der Waals surface area contributed by atoms with Gasteiger partial charge in [0.25, 0.3) is 0 Å². The van der Waals surface area contributed by atoms with E-state index in [4.69, 9.17) is 5.73 Å². The summed E-state index contributed by atoms with van der Waals surface area (Å²) in [6, 6.07) is 3.94. The van der Waals surface area contributed by atoms with Gasteiger partial charge in [-0.2, -0.15) is 13.2 Å². The molecular weight excluding hydrogens is 241 g/mol. The van der Waals surface area contributed by atoms with Gasteiger partial charge in [-0.25, -0.2) is 0 Å². The molecule has 0 aliphatic heterocycles. The number of nitrogens with zero attached hydrogens (tertiary/aromatic N) is 1. The fourth-order valence-corrected chi connectivity index (χ4v) is 1.49. The average Bonchev–Trinajstić information content (AvgIpc) is 2.17. The molecule has 0 atom stereocenters. The molecule has 0 aliphatic rings. The quantitative estimate of drug-likeness (QED) is 0.824. The maximum Gasteiger partial charge on any atom is 0.416 e. The first-order valence-corrected chi connectivity index (χ1v) is 5.68. The molecule has 2 N–H and O–H groups in total. The van der Waals surface area contributed by atoms with Crippen LogP contribution >= 0.6 is 0 Å². The molecule has 0 bridgehead atoms. The van der Waals surface area contributed by atoms with Crippen LogP contribution in [0.3, 0.4) is 0 Å². The first-order valence-electron chi connectivity index (χ1n) is 5.68. The Balaban J connectivity index is 3.10. The van der Waals surface area contributed by atoms with Gasteiger partial charge in [-0.3, -0.25) is 4.90 Å². The number of nitrogens with two attached hydrogens (primary N) is 1. The average molecular weight is 260 g/mol. The maximum atomic E-state index is 12.9. The van der Waals surface area contributed by atoms with Crippen molar-refractivity contribution in [3.63, 3.8) is 0 Å². The van der Waals surface area contributed by atoms with Crippen LogP contribution in [0.1, 0.15) is 31.9 Å². The molecule has 0 heterocycles. The molecular formula is C13H19F3N2. The van der Waals surface area contributed by atoms with E-state index in [1.165, 1.54) is 12.1 Å². The van der Waals surface area contributed by atoms with Gasteiger partial charge < -0.3 is 5.73 Å². The monoisotopic (exact) mass is 260 g/mol. The predicted molar refractivity (Wildman–Crippen MR) is 67.1 cm³/mol. The van der Waals surface area contributed by atoms with E-state index in [1.54, 1.807) is 7.05 Å². The zero-order valence-corrected chi connectivity index (χ0v) is 11.1. The van der Waals surface area contributed by atoms with E-state index in [2.05, 4.69) is 0 Å². The van der Waals surface area contributed by atoms with Gasteiger partial charge in [0.2, 0.25) is 0 Å². The number of halogens is 3. The number of anilines is 1. The van der Waals surface area contributed by atoms with Crippen LogP contribution in [-0.4, -0.2) is 17.5 Å². The summed E-state index contributed by atoms with van der Waals surface area (Å²) < 4.78 is 38.7. The van der Waals surface area contributed by atoms with Gasteiger partial charge in [0.15, 0.2) is 0 Å². The maximum absolute atomic E-state index is 12.9. The summed E-state index contributed by atoms with van der Waals surface area (Å²) in [4.78, 5) is 1.87. The first kappa shape index (κ1) is 14.8. The molecule has 2 nitrogen and oxygen atoms in total. The lowest BCUT2D eigenvalue weighted by molar-refractivity contribution is -0.138. The normalized spacial score (nSPS) is 13.1. The summed E-state index contributed by atoms with van der Waals surface area (Å²) in [5.74, 6) is 0. The van der Waals surface area contributed by atoms with E-state index in [-0.39, 0.29) is 23.3 Å². The second-order valence-corrected chi connectivity index (χ2v) is 5.44. The van der Waals surface area contributed by atoms with E-state index in [0.717, 1.165) is 6.07 Å². The summed E-state index contributed by atoms with van der Waals surface area (Å²) in [5, 5.41) is 0. The molecule has 5 heteroatoms. The minimum absolute atomic E-state index is 0.129. The molecule has 0 radical (unpaired) electrons. The van der Waals surface area contributed by atoms with E-state index < -0.39 is 11.7 Å². The van der Waals surface area contributed by atoms with Crippen molar-refractivity contribution in [2.75, 3.05) is 12.8 Å². The second-order valence-electron chi connectivity index (χ2n) is 5.44. The number of hydrogen-bond donors (Lipinski definition) is 1. The number of alkyl halides is 3. The summed E-state index contributed by atoms with van der Waals surface area (Å²) in [5.41, 5.74) is 4.96. The SMILES string of the molecule is CN(Cc1ccc(N)cc1C(F)(F)F)C(C)(C)C. The Bertz CT molecular complexity index is 419. The molecule has 0 saturated heterocycles. The molecule has 0 aromatic heterocycles. The van der Waals surface area contributed by atoms with Gasteiger partial charge in [-0.05, 0) is 45.5 Å². The molecule has 0 amide bonds. The van der Waals surface area contributed by atoms with Crippen LogP contribution in [0.15, 0.2) is 18.2 Å². The van der Waals surface area contributed by atoms with E-state index in [9.17, 15) is 13.2 Å². The Morgan fingerprint density at radius 2 is 1.72 bits per heavy atom. The van der Waals surface area contributed by atoms with Crippen molar-refractivity contribution in [3.05, 3.63) is 29.3 Å². The topological polar surface area (TPSA) is 29.3 Å². The van der Waals surface area contributed by atoms with Crippen molar-refractivity contribution in [3.8, 4) is 0 Å². The van der Waals surface area contributed by atoms with Gasteiger partial charge in [0, 0.05) is 17.8 Å². The van der Waals surface area contributed by atoms with Crippen molar-refractivity contribution in [1.82, 2.24) is 4.90 Å². The molecule has 102 valence electrons. The summed E-state index contributed by atoms with van der Waals surface area (Å²) >= 11 is 0. The van der Waals surface area contributed by atoms with Gasteiger partial charge in [-0.15, -0.1) is 0 Å². The molecule has 0 saturated carbocycles. The molecule has 0 spiro atoms. The van der Waals surface area contributed by atoms with Gasteiger partial charge >= 0.3 is 6.18 Å².